The Morgan fingerprint density at radius 1 is 0.571 bits per heavy atom. The molecule has 0 aliphatic carbocycles. The maximum absolute atomic E-state index is 14.3. The van der Waals surface area contributed by atoms with E-state index in [1.807, 2.05) is 130 Å². The van der Waals surface area contributed by atoms with Crippen molar-refractivity contribution in [1.29, 1.82) is 0 Å². The first-order chi connectivity index (χ1) is 16.8. The lowest BCUT2D eigenvalue weighted by Gasteiger charge is -2.32. The molecule has 0 N–H and O–H groups in total. The van der Waals surface area contributed by atoms with Gasteiger partial charge in [-0.05, 0) is 43.6 Å². The molecule has 4 rings (SSSR count). The number of carbonyl (C=O) groups excluding carboxylic acids is 2. The van der Waals surface area contributed by atoms with E-state index >= 15 is 0 Å². The molecule has 3 nitrogen and oxygen atoms in total. The maximum atomic E-state index is 14.3. The highest BCUT2D eigenvalue weighted by Crippen LogP contribution is 2.47. The molecule has 35 heavy (non-hydrogen) atoms. The molecule has 0 atom stereocenters. The molecule has 4 aromatic carbocycles. The summed E-state index contributed by atoms with van der Waals surface area (Å²) in [6.45, 7) is 2.53. The van der Waals surface area contributed by atoms with Crippen molar-refractivity contribution in [2.75, 3.05) is 0 Å². The third kappa shape index (κ3) is 5.06. The maximum Gasteiger partial charge on any atom is 0.343 e. The van der Waals surface area contributed by atoms with Crippen LogP contribution in [0.15, 0.2) is 121 Å². The van der Waals surface area contributed by atoms with Gasteiger partial charge in [0.1, 0.15) is 10.9 Å². The Morgan fingerprint density at radius 3 is 1.26 bits per heavy atom. The first kappa shape index (κ1) is 24.4. The molecule has 0 unspecified atom stereocenters. The molecule has 0 bridgehead atoms. The molecule has 0 radical (unpaired) electrons. The van der Waals surface area contributed by atoms with E-state index in [0.717, 1.165) is 15.9 Å². The lowest BCUT2D eigenvalue weighted by molar-refractivity contribution is -0.145. The third-order valence-corrected chi connectivity index (χ3v) is 9.88. The van der Waals surface area contributed by atoms with Gasteiger partial charge in [-0.25, -0.2) is 4.79 Å². The minimum Gasteiger partial charge on any atom is -0.456 e. The van der Waals surface area contributed by atoms with Crippen molar-refractivity contribution in [3.8, 4) is 0 Å². The Labute approximate surface area is 207 Å². The van der Waals surface area contributed by atoms with Gasteiger partial charge in [-0.3, -0.25) is 4.79 Å². The van der Waals surface area contributed by atoms with Crippen LogP contribution in [0.1, 0.15) is 31.1 Å². The van der Waals surface area contributed by atoms with Crippen molar-refractivity contribution in [1.82, 2.24) is 0 Å². The molecular weight excluding hydrogens is 451 g/mol. The van der Waals surface area contributed by atoms with Crippen molar-refractivity contribution < 1.29 is 14.3 Å². The monoisotopic (exact) mass is 480 g/mol. The fourth-order valence-electron chi connectivity index (χ4n) is 4.22. The van der Waals surface area contributed by atoms with Crippen molar-refractivity contribution >= 4 is 39.8 Å². The first-order valence-corrected chi connectivity index (χ1v) is 13.4. The second-order valence-corrected chi connectivity index (χ2v) is 12.6. The molecular formula is C31H29O3P. The minimum absolute atomic E-state index is 0.169. The molecule has 176 valence electrons. The van der Waals surface area contributed by atoms with E-state index in [9.17, 15) is 9.59 Å². The fourth-order valence-corrected chi connectivity index (χ4v) is 8.50. The van der Waals surface area contributed by atoms with Crippen LogP contribution in [0.2, 0.25) is 0 Å². The number of ketones is 1. The van der Waals surface area contributed by atoms with Crippen molar-refractivity contribution in [2.24, 2.45) is 0 Å². The average molecular weight is 481 g/mol. The van der Waals surface area contributed by atoms with Gasteiger partial charge in [-0.2, -0.15) is 0 Å². The largest absolute Gasteiger partial charge is 0.456 e. The van der Waals surface area contributed by atoms with Crippen LogP contribution in [0.5, 0.6) is 0 Å². The van der Waals surface area contributed by atoms with E-state index in [1.54, 1.807) is 12.1 Å². The normalized spacial score (nSPS) is 11.5. The fraction of sp³-hybridized carbons (Fsp3) is 0.129. The predicted molar refractivity (Wildman–Crippen MR) is 147 cm³/mol. The summed E-state index contributed by atoms with van der Waals surface area (Å²) < 4.78 is 5.94. The van der Waals surface area contributed by atoms with Gasteiger partial charge >= 0.3 is 5.97 Å². The molecule has 0 amide bonds. The average Bonchev–Trinajstić information content (AvgIpc) is 2.88. The Balaban J connectivity index is 2.26. The van der Waals surface area contributed by atoms with Gasteiger partial charge in [-0.1, -0.05) is 121 Å². The number of ether oxygens (including phenoxy) is 1. The summed E-state index contributed by atoms with van der Waals surface area (Å²) >= 11 is 0. The van der Waals surface area contributed by atoms with Crippen LogP contribution in [-0.4, -0.2) is 22.6 Å². The number of hydrogen-bond acceptors (Lipinski definition) is 3. The van der Waals surface area contributed by atoms with Crippen LogP contribution >= 0.6 is 6.89 Å². The molecule has 0 saturated carbocycles. The first-order valence-electron chi connectivity index (χ1n) is 11.6. The molecule has 0 aliphatic heterocycles. The van der Waals surface area contributed by atoms with Crippen LogP contribution in [0.3, 0.4) is 0 Å². The molecule has 0 aromatic heterocycles. The molecule has 0 spiro atoms. The number of rotatable bonds is 6. The number of hydrogen-bond donors (Lipinski definition) is 0. The molecule has 4 aromatic rings. The summed E-state index contributed by atoms with van der Waals surface area (Å²) in [5.74, 6) is -0.902. The van der Waals surface area contributed by atoms with Crippen LogP contribution in [0, 0.1) is 0 Å². The third-order valence-electron chi connectivity index (χ3n) is 5.61. The van der Waals surface area contributed by atoms with E-state index < -0.39 is 18.5 Å². The predicted octanol–water partition coefficient (Wildman–Crippen LogP) is 5.38. The highest BCUT2D eigenvalue weighted by Gasteiger charge is 2.39. The van der Waals surface area contributed by atoms with Gasteiger partial charge in [0.05, 0.1) is 0 Å². The summed E-state index contributed by atoms with van der Waals surface area (Å²) in [7, 11) is 0. The van der Waals surface area contributed by atoms with Crippen LogP contribution < -0.4 is 15.9 Å². The highest BCUT2D eigenvalue weighted by molar-refractivity contribution is 7.97. The highest BCUT2D eigenvalue weighted by atomic mass is 31.2. The summed E-state index contributed by atoms with van der Waals surface area (Å²) in [6, 6.07) is 38.6. The standard InChI is InChI=1S/C31H29O3P/c1-31(2,3)34-30(33)29(28(32)24-16-8-4-9-17-24)35(25-18-10-5-11-19-25,26-20-12-6-13-21-26)27-22-14-7-15-23-27/h4-23H,1-3H3. The summed E-state index contributed by atoms with van der Waals surface area (Å²) in [5.41, 5.74) is -0.306. The lowest BCUT2D eigenvalue weighted by Crippen LogP contribution is -2.40. The number of benzene rings is 4. The molecule has 4 heteroatoms. The Morgan fingerprint density at radius 2 is 0.914 bits per heavy atom. The number of esters is 1. The van der Waals surface area contributed by atoms with E-state index in [1.165, 1.54) is 0 Å². The van der Waals surface area contributed by atoms with Gasteiger partial charge < -0.3 is 4.74 Å². The topological polar surface area (TPSA) is 43.4 Å². The molecule has 0 aliphatic rings. The quantitative estimate of drug-likeness (QED) is 0.161. The van der Waals surface area contributed by atoms with Crippen molar-refractivity contribution in [3.63, 3.8) is 0 Å². The van der Waals surface area contributed by atoms with Gasteiger partial charge in [-0.15, -0.1) is 0 Å². The summed E-state index contributed by atoms with van der Waals surface area (Å²) in [4.78, 5) is 28.4. The SMILES string of the molecule is CC(C)(C)OC(=O)C(C(=O)c1ccccc1)=P(c1ccccc1)(c1ccccc1)c1ccccc1. The van der Waals surface area contributed by atoms with Crippen LogP contribution in [0.25, 0.3) is 0 Å². The number of Topliss-reactive ketones (excluding diaryl/α,β-unsaturated/α-hetero) is 1. The van der Waals surface area contributed by atoms with Gasteiger partial charge in [0.25, 0.3) is 0 Å². The second kappa shape index (κ2) is 10.3. The van der Waals surface area contributed by atoms with Crippen LogP contribution in [-0.2, 0) is 9.53 Å². The lowest BCUT2D eigenvalue weighted by atomic mass is 10.1. The van der Waals surface area contributed by atoms with Gasteiger partial charge in [0, 0.05) is 5.56 Å². The van der Waals surface area contributed by atoms with Crippen LogP contribution in [0.4, 0.5) is 0 Å². The summed E-state index contributed by atoms with van der Waals surface area (Å²) in [5, 5.41) is 2.93. The van der Waals surface area contributed by atoms with Crippen molar-refractivity contribution in [2.45, 2.75) is 26.4 Å². The summed E-state index contributed by atoms with van der Waals surface area (Å²) in [6.07, 6.45) is 0. The van der Waals surface area contributed by atoms with E-state index in [2.05, 4.69) is 0 Å². The Hall–Kier alpha value is -3.68. The van der Waals surface area contributed by atoms with Gasteiger partial charge in [0.2, 0.25) is 5.78 Å². The van der Waals surface area contributed by atoms with E-state index in [-0.39, 0.29) is 11.1 Å². The smallest absolute Gasteiger partial charge is 0.343 e. The zero-order chi connectivity index (χ0) is 24.9. The minimum atomic E-state index is -2.93. The zero-order valence-electron chi connectivity index (χ0n) is 20.2. The molecule has 0 fully saturated rings. The second-order valence-electron chi connectivity index (χ2n) is 9.22. The van der Waals surface area contributed by atoms with E-state index in [4.69, 9.17) is 4.74 Å². The van der Waals surface area contributed by atoms with Gasteiger partial charge in [0.15, 0.2) is 0 Å². The number of carbonyl (C=O) groups is 2. The van der Waals surface area contributed by atoms with E-state index in [0.29, 0.717) is 5.56 Å². The molecule has 0 saturated heterocycles. The molecule has 0 heterocycles. The zero-order valence-corrected chi connectivity index (χ0v) is 21.1. The van der Waals surface area contributed by atoms with Crippen molar-refractivity contribution in [3.05, 3.63) is 127 Å². The Kier molecular flexibility index (Phi) is 7.19. The Bertz CT molecular complexity index is 1250.